The van der Waals surface area contributed by atoms with E-state index >= 15 is 0 Å². The van der Waals surface area contributed by atoms with Crippen LogP contribution in [0.3, 0.4) is 0 Å². The van der Waals surface area contributed by atoms with Crippen LogP contribution in [0, 0.1) is 10.1 Å². The number of nitrogens with zero attached hydrogens (tertiary/aromatic N) is 3. The fourth-order valence-corrected chi connectivity index (χ4v) is 5.49. The summed E-state index contributed by atoms with van der Waals surface area (Å²) in [4.78, 5) is 11.7. The maximum absolute atomic E-state index is 12.1. The molecule has 0 spiro atoms. The van der Waals surface area contributed by atoms with E-state index in [0.29, 0.717) is 5.69 Å². The molecular formula is C30H18BN3O2. The molecule has 0 amide bonds. The molecule has 5 nitrogen and oxygen atoms in total. The first-order valence-electron chi connectivity index (χ1n) is 11.7. The van der Waals surface area contributed by atoms with Crippen LogP contribution in [0.15, 0.2) is 109 Å². The minimum atomic E-state index is -0.401. The molecule has 0 aliphatic carbocycles. The first kappa shape index (κ1) is 20.5. The molecule has 5 aromatic carbocycles. The zero-order valence-electron chi connectivity index (χ0n) is 19.1. The van der Waals surface area contributed by atoms with Gasteiger partial charge in [0.25, 0.3) is 5.69 Å². The van der Waals surface area contributed by atoms with Gasteiger partial charge in [0.05, 0.1) is 27.0 Å². The average Bonchev–Trinajstić information content (AvgIpc) is 3.41. The van der Waals surface area contributed by atoms with E-state index in [4.69, 9.17) is 7.85 Å². The number of nitro benzene ring substituents is 1. The molecule has 0 unspecified atom stereocenters. The van der Waals surface area contributed by atoms with Crippen molar-refractivity contribution in [2.75, 3.05) is 0 Å². The molecule has 0 N–H and O–H groups in total. The van der Waals surface area contributed by atoms with Crippen LogP contribution in [0.1, 0.15) is 0 Å². The van der Waals surface area contributed by atoms with E-state index in [9.17, 15) is 10.1 Å². The number of benzene rings is 5. The largest absolute Gasteiger partial charge is 0.309 e. The van der Waals surface area contributed by atoms with Crippen molar-refractivity contribution in [2.24, 2.45) is 0 Å². The van der Waals surface area contributed by atoms with E-state index in [1.54, 1.807) is 18.2 Å². The molecule has 0 aliphatic heterocycles. The zero-order chi connectivity index (χ0) is 24.4. The van der Waals surface area contributed by atoms with Crippen molar-refractivity contribution >= 4 is 62.6 Å². The number of nitro groups is 1. The van der Waals surface area contributed by atoms with E-state index in [0.717, 1.165) is 38.5 Å². The highest BCUT2D eigenvalue weighted by Gasteiger charge is 2.22. The maximum Gasteiger partial charge on any atom is 0.286 e. The second-order valence-electron chi connectivity index (χ2n) is 8.90. The van der Waals surface area contributed by atoms with E-state index in [1.165, 1.54) is 10.8 Å². The molecule has 0 aliphatic rings. The number of para-hydroxylation sites is 4. The van der Waals surface area contributed by atoms with Gasteiger partial charge >= 0.3 is 0 Å². The third-order valence-corrected chi connectivity index (χ3v) is 6.97. The summed E-state index contributed by atoms with van der Waals surface area (Å²) >= 11 is 0. The van der Waals surface area contributed by atoms with Crippen LogP contribution >= 0.6 is 0 Å². The number of fused-ring (bicyclic) bond motifs is 6. The lowest BCUT2D eigenvalue weighted by Gasteiger charge is -2.12. The Labute approximate surface area is 207 Å². The van der Waals surface area contributed by atoms with Crippen molar-refractivity contribution in [1.29, 1.82) is 0 Å². The van der Waals surface area contributed by atoms with E-state index in [2.05, 4.69) is 59.2 Å². The molecule has 0 saturated heterocycles. The molecule has 0 saturated carbocycles. The predicted molar refractivity (Wildman–Crippen MR) is 147 cm³/mol. The van der Waals surface area contributed by atoms with Crippen LogP contribution in [0.5, 0.6) is 0 Å². The third kappa shape index (κ3) is 2.78. The molecule has 0 bridgehead atoms. The highest BCUT2D eigenvalue weighted by atomic mass is 16.6. The lowest BCUT2D eigenvalue weighted by Crippen LogP contribution is -2.13. The molecule has 7 aromatic rings. The number of aromatic nitrogens is 2. The van der Waals surface area contributed by atoms with E-state index in [-0.39, 0.29) is 11.2 Å². The van der Waals surface area contributed by atoms with Gasteiger partial charge in [-0.25, -0.2) is 0 Å². The van der Waals surface area contributed by atoms with Gasteiger partial charge in [0.15, 0.2) is 0 Å². The first-order chi connectivity index (χ1) is 17.6. The van der Waals surface area contributed by atoms with Crippen LogP contribution in [0.4, 0.5) is 5.69 Å². The van der Waals surface area contributed by atoms with Gasteiger partial charge in [0.1, 0.15) is 13.5 Å². The molecule has 36 heavy (non-hydrogen) atoms. The van der Waals surface area contributed by atoms with Crippen molar-refractivity contribution < 1.29 is 4.92 Å². The summed E-state index contributed by atoms with van der Waals surface area (Å²) in [7, 11) is 6.09. The van der Waals surface area contributed by atoms with Crippen molar-refractivity contribution in [3.8, 4) is 11.4 Å². The number of rotatable bonds is 3. The fourth-order valence-electron chi connectivity index (χ4n) is 5.49. The van der Waals surface area contributed by atoms with Gasteiger partial charge in [-0.2, -0.15) is 0 Å². The third-order valence-electron chi connectivity index (χ3n) is 6.97. The quantitative estimate of drug-likeness (QED) is 0.169. The molecule has 2 heterocycles. The fraction of sp³-hybridized carbons (Fsp3) is 0. The molecule has 2 radical (unpaired) electrons. The Morgan fingerprint density at radius 2 is 1.11 bits per heavy atom. The van der Waals surface area contributed by atoms with E-state index in [1.807, 2.05) is 41.0 Å². The highest BCUT2D eigenvalue weighted by molar-refractivity contribution is 6.35. The Morgan fingerprint density at radius 3 is 1.69 bits per heavy atom. The Hall–Kier alpha value is -4.84. The number of hydrogen-bond acceptors (Lipinski definition) is 2. The molecule has 6 heteroatoms. The van der Waals surface area contributed by atoms with Crippen molar-refractivity contribution in [3.05, 3.63) is 119 Å². The second kappa shape index (κ2) is 7.58. The molecule has 0 atom stereocenters. The Kier molecular flexibility index (Phi) is 4.33. The van der Waals surface area contributed by atoms with Crippen LogP contribution in [-0.4, -0.2) is 21.9 Å². The summed E-state index contributed by atoms with van der Waals surface area (Å²) in [6, 6.07) is 36.1. The molecule has 7 rings (SSSR count). The van der Waals surface area contributed by atoms with Crippen molar-refractivity contribution in [3.63, 3.8) is 0 Å². The second-order valence-corrected chi connectivity index (χ2v) is 8.90. The zero-order valence-corrected chi connectivity index (χ0v) is 19.1. The SMILES string of the molecule is [B]c1cccc(-n2c3ccccc3c3ccc(-n4c5ccccc5c5ccccc54)cc32)c1[N+](=O)[O-]. The van der Waals surface area contributed by atoms with Gasteiger partial charge in [0.2, 0.25) is 0 Å². The molecule has 2 aromatic heterocycles. The molecule has 168 valence electrons. The molecule has 0 fully saturated rings. The van der Waals surface area contributed by atoms with Crippen molar-refractivity contribution in [1.82, 2.24) is 9.13 Å². The topological polar surface area (TPSA) is 53.0 Å². The van der Waals surface area contributed by atoms with Gasteiger partial charge < -0.3 is 9.13 Å². The summed E-state index contributed by atoms with van der Waals surface area (Å²) in [5.41, 5.74) is 5.46. The summed E-state index contributed by atoms with van der Waals surface area (Å²) in [5.74, 6) is 0. The monoisotopic (exact) mass is 463 g/mol. The Bertz CT molecular complexity index is 1950. The van der Waals surface area contributed by atoms with Gasteiger partial charge in [-0.1, -0.05) is 72.8 Å². The highest BCUT2D eigenvalue weighted by Crippen LogP contribution is 2.37. The van der Waals surface area contributed by atoms with Gasteiger partial charge in [-0.05, 0) is 41.9 Å². The minimum Gasteiger partial charge on any atom is -0.309 e. The summed E-state index contributed by atoms with van der Waals surface area (Å²) in [5, 5.41) is 16.5. The van der Waals surface area contributed by atoms with Gasteiger partial charge in [0, 0.05) is 27.2 Å². The van der Waals surface area contributed by atoms with E-state index < -0.39 is 4.92 Å². The normalized spacial score (nSPS) is 11.7. The van der Waals surface area contributed by atoms with Gasteiger partial charge in [-0.3, -0.25) is 10.1 Å². The predicted octanol–water partition coefficient (Wildman–Crippen LogP) is 6.58. The summed E-state index contributed by atoms with van der Waals surface area (Å²) in [6.45, 7) is 0. The standard InChI is InChI=1S/C30H18BN3O2/c31-24-11-7-15-28(30(24)34(35)36)33-27-14-6-3-10-22(27)23-17-16-19(18-29(23)33)32-25-12-4-1-8-20(25)21-9-2-5-13-26(21)32/h1-18H. The minimum absolute atomic E-state index is 0.0950. The maximum atomic E-state index is 12.1. The smallest absolute Gasteiger partial charge is 0.286 e. The Balaban J connectivity index is 1.62. The Morgan fingerprint density at radius 1 is 0.583 bits per heavy atom. The van der Waals surface area contributed by atoms with Crippen LogP contribution in [0.25, 0.3) is 55.0 Å². The lowest BCUT2D eigenvalue weighted by molar-refractivity contribution is -0.383. The number of hydrogen-bond donors (Lipinski definition) is 0. The lowest BCUT2D eigenvalue weighted by atomic mass is 9.93. The van der Waals surface area contributed by atoms with Crippen molar-refractivity contribution in [2.45, 2.75) is 0 Å². The summed E-state index contributed by atoms with van der Waals surface area (Å²) in [6.07, 6.45) is 0. The van der Waals surface area contributed by atoms with Crippen LogP contribution in [-0.2, 0) is 0 Å². The molecular weight excluding hydrogens is 445 g/mol. The van der Waals surface area contributed by atoms with Crippen LogP contribution < -0.4 is 5.46 Å². The van der Waals surface area contributed by atoms with Crippen LogP contribution in [0.2, 0.25) is 0 Å². The summed E-state index contributed by atoms with van der Waals surface area (Å²) < 4.78 is 4.20. The van der Waals surface area contributed by atoms with Gasteiger partial charge in [-0.15, -0.1) is 0 Å². The average molecular weight is 463 g/mol. The first-order valence-corrected chi connectivity index (χ1v) is 11.7.